The van der Waals surface area contributed by atoms with Gasteiger partial charge < -0.3 is 29.5 Å². The fourth-order valence-electron chi connectivity index (χ4n) is 4.07. The maximum absolute atomic E-state index is 13.9. The van der Waals surface area contributed by atoms with Crippen molar-refractivity contribution in [2.75, 3.05) is 26.6 Å². The van der Waals surface area contributed by atoms with Crippen molar-refractivity contribution in [1.29, 1.82) is 0 Å². The van der Waals surface area contributed by atoms with Gasteiger partial charge in [0.25, 0.3) is 5.91 Å². The molecule has 2 N–H and O–H groups in total. The summed E-state index contributed by atoms with van der Waals surface area (Å²) in [5.41, 5.74) is 1.40. The number of carbonyl (C=O) groups excluding carboxylic acids is 2. The van der Waals surface area contributed by atoms with E-state index in [1.807, 2.05) is 13.0 Å². The van der Waals surface area contributed by atoms with Crippen molar-refractivity contribution in [1.82, 2.24) is 10.2 Å². The number of halogens is 1. The van der Waals surface area contributed by atoms with Crippen molar-refractivity contribution in [3.05, 3.63) is 88.4 Å². The SMILES string of the molecule is CCOCCCNC(=O)[C@H](c1ccc(Cl)cc1)N(Cc1ccc2c(c1)OCO2)C(=O)c1ccccc1O. The summed E-state index contributed by atoms with van der Waals surface area (Å²) < 4.78 is 16.3. The lowest BCUT2D eigenvalue weighted by atomic mass is 10.0. The number of fused-ring (bicyclic) bond motifs is 1. The van der Waals surface area contributed by atoms with Gasteiger partial charge in [-0.05, 0) is 60.9 Å². The summed E-state index contributed by atoms with van der Waals surface area (Å²) in [6.45, 7) is 3.60. The first-order valence-corrected chi connectivity index (χ1v) is 12.4. The van der Waals surface area contributed by atoms with Crippen LogP contribution in [0.3, 0.4) is 0 Å². The van der Waals surface area contributed by atoms with Crippen LogP contribution in [-0.2, 0) is 16.1 Å². The Morgan fingerprint density at radius 3 is 2.59 bits per heavy atom. The summed E-state index contributed by atoms with van der Waals surface area (Å²) in [4.78, 5) is 28.9. The number of aromatic hydroxyl groups is 1. The standard InChI is InChI=1S/C28H29ClN2O6/c1-2-35-15-5-14-30-27(33)26(20-9-11-21(29)12-10-20)31(28(34)22-6-3-4-7-23(22)32)17-19-8-13-24-25(16-19)37-18-36-24/h3-4,6-13,16,26,32H,2,5,14-15,17-18H2,1H3,(H,30,33)/t26-/m0/s1. The molecule has 0 aliphatic carbocycles. The fourth-order valence-corrected chi connectivity index (χ4v) is 4.20. The number of ether oxygens (including phenoxy) is 3. The first-order chi connectivity index (χ1) is 18.0. The molecule has 37 heavy (non-hydrogen) atoms. The van der Waals surface area contributed by atoms with E-state index in [2.05, 4.69) is 5.32 Å². The van der Waals surface area contributed by atoms with E-state index < -0.39 is 11.9 Å². The van der Waals surface area contributed by atoms with E-state index in [9.17, 15) is 14.7 Å². The van der Waals surface area contributed by atoms with Gasteiger partial charge in [-0.3, -0.25) is 9.59 Å². The molecule has 3 aromatic carbocycles. The van der Waals surface area contributed by atoms with Crippen LogP contribution in [0.2, 0.25) is 5.02 Å². The van der Waals surface area contributed by atoms with E-state index in [0.29, 0.717) is 48.3 Å². The number of para-hydroxylation sites is 1. The highest BCUT2D eigenvalue weighted by Crippen LogP contribution is 2.35. The largest absolute Gasteiger partial charge is 0.507 e. The quantitative estimate of drug-likeness (QED) is 0.353. The zero-order valence-corrected chi connectivity index (χ0v) is 21.2. The summed E-state index contributed by atoms with van der Waals surface area (Å²) in [5.74, 6) is 0.151. The smallest absolute Gasteiger partial charge is 0.258 e. The lowest BCUT2D eigenvalue weighted by Gasteiger charge is -2.32. The summed E-state index contributed by atoms with van der Waals surface area (Å²) in [7, 11) is 0. The molecule has 0 spiro atoms. The van der Waals surface area contributed by atoms with Crippen molar-refractivity contribution in [2.24, 2.45) is 0 Å². The molecular weight excluding hydrogens is 496 g/mol. The third-order valence-corrected chi connectivity index (χ3v) is 6.15. The normalized spacial score (nSPS) is 12.7. The van der Waals surface area contributed by atoms with Gasteiger partial charge in [-0.25, -0.2) is 0 Å². The number of hydrogen-bond acceptors (Lipinski definition) is 6. The Kier molecular flexibility index (Phi) is 8.87. The van der Waals surface area contributed by atoms with Crippen LogP contribution in [0.1, 0.15) is 40.9 Å². The molecule has 194 valence electrons. The van der Waals surface area contributed by atoms with E-state index in [1.165, 1.54) is 17.0 Å². The van der Waals surface area contributed by atoms with Crippen LogP contribution in [0.15, 0.2) is 66.7 Å². The van der Waals surface area contributed by atoms with Crippen molar-refractivity contribution >= 4 is 23.4 Å². The van der Waals surface area contributed by atoms with Crippen molar-refractivity contribution in [3.8, 4) is 17.2 Å². The molecule has 4 rings (SSSR count). The molecule has 0 saturated carbocycles. The van der Waals surface area contributed by atoms with Crippen molar-refractivity contribution < 1.29 is 28.9 Å². The minimum absolute atomic E-state index is 0.0729. The summed E-state index contributed by atoms with van der Waals surface area (Å²) in [5, 5.41) is 13.9. The van der Waals surface area contributed by atoms with Gasteiger partial charge in [0.15, 0.2) is 11.5 Å². The minimum atomic E-state index is -0.998. The van der Waals surface area contributed by atoms with Crippen LogP contribution in [0.5, 0.6) is 17.2 Å². The topological polar surface area (TPSA) is 97.3 Å². The number of phenolic OH excluding ortho intramolecular Hbond substituents is 1. The molecule has 0 unspecified atom stereocenters. The van der Waals surface area contributed by atoms with Crippen LogP contribution >= 0.6 is 11.6 Å². The number of nitrogens with one attached hydrogen (secondary N) is 1. The molecule has 0 fully saturated rings. The van der Waals surface area contributed by atoms with Gasteiger partial charge in [0, 0.05) is 31.3 Å². The van der Waals surface area contributed by atoms with Crippen LogP contribution < -0.4 is 14.8 Å². The maximum atomic E-state index is 13.9. The average molecular weight is 525 g/mol. The van der Waals surface area contributed by atoms with Crippen LogP contribution in [-0.4, -0.2) is 48.4 Å². The van der Waals surface area contributed by atoms with Crippen LogP contribution in [0.25, 0.3) is 0 Å². The van der Waals surface area contributed by atoms with Gasteiger partial charge in [0.05, 0.1) is 5.56 Å². The van der Waals surface area contributed by atoms with E-state index in [0.717, 1.165) is 5.56 Å². The van der Waals surface area contributed by atoms with Crippen LogP contribution in [0.4, 0.5) is 0 Å². The third-order valence-electron chi connectivity index (χ3n) is 5.90. The molecule has 9 heteroatoms. The monoisotopic (exact) mass is 524 g/mol. The van der Waals surface area contributed by atoms with Crippen molar-refractivity contribution in [3.63, 3.8) is 0 Å². The maximum Gasteiger partial charge on any atom is 0.258 e. The highest BCUT2D eigenvalue weighted by Gasteiger charge is 2.33. The van der Waals surface area contributed by atoms with Gasteiger partial charge in [0.1, 0.15) is 11.8 Å². The molecule has 8 nitrogen and oxygen atoms in total. The molecular formula is C28H29ClN2O6. The number of benzene rings is 3. The zero-order chi connectivity index (χ0) is 26.2. The number of rotatable bonds is 11. The Labute approximate surface area is 220 Å². The van der Waals surface area contributed by atoms with Crippen molar-refractivity contribution in [2.45, 2.75) is 25.9 Å². The lowest BCUT2D eigenvalue weighted by molar-refractivity contribution is -0.126. The van der Waals surface area contributed by atoms with Gasteiger partial charge >= 0.3 is 0 Å². The second-order valence-electron chi connectivity index (χ2n) is 8.43. The number of amides is 2. The van der Waals surface area contributed by atoms with Gasteiger partial charge in [-0.2, -0.15) is 0 Å². The molecule has 0 saturated heterocycles. The Bertz CT molecular complexity index is 1230. The Hall–Kier alpha value is -3.75. The molecule has 0 radical (unpaired) electrons. The molecule has 1 aliphatic rings. The molecule has 1 heterocycles. The van der Waals surface area contributed by atoms with E-state index >= 15 is 0 Å². The first kappa shape index (κ1) is 26.3. The van der Waals surface area contributed by atoms with Crippen LogP contribution in [0, 0.1) is 0 Å². The van der Waals surface area contributed by atoms with E-state index in [4.69, 9.17) is 25.8 Å². The Morgan fingerprint density at radius 1 is 1.08 bits per heavy atom. The second-order valence-corrected chi connectivity index (χ2v) is 8.87. The molecule has 3 aromatic rings. The Balaban J connectivity index is 1.71. The van der Waals surface area contributed by atoms with Gasteiger partial charge in [-0.1, -0.05) is 41.9 Å². The molecule has 2 amide bonds. The van der Waals surface area contributed by atoms with E-state index in [1.54, 1.807) is 48.5 Å². The predicted molar refractivity (Wildman–Crippen MR) is 139 cm³/mol. The molecule has 1 atom stereocenters. The second kappa shape index (κ2) is 12.5. The number of nitrogens with zero attached hydrogens (tertiary/aromatic N) is 1. The summed E-state index contributed by atoms with van der Waals surface area (Å²) in [6, 6.07) is 17.4. The zero-order valence-electron chi connectivity index (χ0n) is 20.5. The van der Waals surface area contributed by atoms with Gasteiger partial charge in [0.2, 0.25) is 12.7 Å². The molecule has 0 aromatic heterocycles. The summed E-state index contributed by atoms with van der Waals surface area (Å²) >= 11 is 6.12. The fraction of sp³-hybridized carbons (Fsp3) is 0.286. The summed E-state index contributed by atoms with van der Waals surface area (Å²) in [6.07, 6.45) is 0.627. The Morgan fingerprint density at radius 2 is 1.84 bits per heavy atom. The molecule has 1 aliphatic heterocycles. The average Bonchev–Trinajstić information content (AvgIpc) is 3.37. The lowest BCUT2D eigenvalue weighted by Crippen LogP contribution is -2.43. The highest BCUT2D eigenvalue weighted by atomic mass is 35.5. The number of phenols is 1. The first-order valence-electron chi connectivity index (χ1n) is 12.1. The minimum Gasteiger partial charge on any atom is -0.507 e. The van der Waals surface area contributed by atoms with Gasteiger partial charge in [-0.15, -0.1) is 0 Å². The highest BCUT2D eigenvalue weighted by molar-refractivity contribution is 6.30. The third kappa shape index (κ3) is 6.53. The van der Waals surface area contributed by atoms with E-state index in [-0.39, 0.29) is 30.6 Å². The molecule has 0 bridgehead atoms. The number of hydrogen-bond donors (Lipinski definition) is 2. The number of carbonyl (C=O) groups is 2. The predicted octanol–water partition coefficient (Wildman–Crippen LogP) is 4.70.